The van der Waals surface area contributed by atoms with E-state index in [1.807, 2.05) is 18.2 Å². The lowest BCUT2D eigenvalue weighted by molar-refractivity contribution is 0.191. The number of benzene rings is 2. The van der Waals surface area contributed by atoms with Crippen LogP contribution in [0.2, 0.25) is 5.02 Å². The van der Waals surface area contributed by atoms with Gasteiger partial charge in [0.1, 0.15) is 17.3 Å². The van der Waals surface area contributed by atoms with Gasteiger partial charge in [-0.3, -0.25) is 0 Å². The molecule has 3 aromatic rings. The fourth-order valence-electron chi connectivity index (χ4n) is 2.65. The van der Waals surface area contributed by atoms with E-state index in [1.54, 1.807) is 44.7 Å². The van der Waals surface area contributed by atoms with Gasteiger partial charge in [-0.05, 0) is 29.8 Å². The molecule has 0 bridgehead atoms. The fraction of sp³-hybridized carbons (Fsp3) is 0.211. The number of anilines is 1. The Bertz CT molecular complexity index is 868. The zero-order valence-electron chi connectivity index (χ0n) is 14.0. The van der Waals surface area contributed by atoms with Gasteiger partial charge in [-0.1, -0.05) is 23.7 Å². The lowest BCUT2D eigenvalue weighted by Crippen LogP contribution is -2.13. The monoisotopic (exact) mass is 358 g/mol. The molecule has 0 fully saturated rings. The van der Waals surface area contributed by atoms with Gasteiger partial charge in [0.05, 0.1) is 20.3 Å². The van der Waals surface area contributed by atoms with Crippen molar-refractivity contribution in [3.05, 3.63) is 59.2 Å². The number of hydrogen-bond donors (Lipinski definition) is 2. The van der Waals surface area contributed by atoms with E-state index in [0.717, 1.165) is 16.3 Å². The molecule has 3 rings (SSSR count). The summed E-state index contributed by atoms with van der Waals surface area (Å²) < 4.78 is 10.8. The van der Waals surface area contributed by atoms with Crippen LogP contribution in [0.1, 0.15) is 11.7 Å². The van der Waals surface area contributed by atoms with Crippen molar-refractivity contribution >= 4 is 28.2 Å². The molecule has 2 aromatic carbocycles. The van der Waals surface area contributed by atoms with Gasteiger partial charge < -0.3 is 19.9 Å². The number of aromatic nitrogens is 1. The number of methoxy groups -OCH3 is 2. The van der Waals surface area contributed by atoms with Crippen LogP contribution in [0.25, 0.3) is 10.8 Å². The summed E-state index contributed by atoms with van der Waals surface area (Å²) in [4.78, 5) is 4.38. The van der Waals surface area contributed by atoms with Crippen LogP contribution in [-0.2, 0) is 0 Å². The largest absolute Gasteiger partial charge is 0.497 e. The number of halogens is 1. The topological polar surface area (TPSA) is 63.6 Å². The third-order valence-corrected chi connectivity index (χ3v) is 4.24. The summed E-state index contributed by atoms with van der Waals surface area (Å²) in [6.07, 6.45) is 1.02. The summed E-state index contributed by atoms with van der Waals surface area (Å²) in [6.45, 7) is 0.313. The Morgan fingerprint density at radius 1 is 1.08 bits per heavy atom. The summed E-state index contributed by atoms with van der Waals surface area (Å²) in [5.74, 6) is 2.04. The number of rotatable bonds is 6. The van der Waals surface area contributed by atoms with Crippen LogP contribution in [0.5, 0.6) is 11.5 Å². The molecule has 2 N–H and O–H groups in total. The zero-order chi connectivity index (χ0) is 17.8. The van der Waals surface area contributed by atoms with Crippen molar-refractivity contribution in [2.45, 2.75) is 6.10 Å². The number of ether oxygens (including phenoxy) is 2. The van der Waals surface area contributed by atoms with Gasteiger partial charge in [0.25, 0.3) is 0 Å². The Balaban J connectivity index is 1.87. The van der Waals surface area contributed by atoms with Gasteiger partial charge in [-0.2, -0.15) is 0 Å². The molecule has 1 aromatic heterocycles. The number of fused-ring (bicyclic) bond motifs is 1. The predicted molar refractivity (Wildman–Crippen MR) is 99.7 cm³/mol. The van der Waals surface area contributed by atoms with Crippen LogP contribution in [0, 0.1) is 0 Å². The second-order valence-electron chi connectivity index (χ2n) is 5.53. The minimum atomic E-state index is -0.679. The molecule has 0 saturated carbocycles. The first-order valence-corrected chi connectivity index (χ1v) is 8.18. The van der Waals surface area contributed by atoms with Gasteiger partial charge in [-0.25, -0.2) is 4.98 Å². The fourth-order valence-corrected chi connectivity index (χ4v) is 2.77. The van der Waals surface area contributed by atoms with Crippen LogP contribution in [0.15, 0.2) is 48.7 Å². The molecule has 130 valence electrons. The minimum absolute atomic E-state index is 0.313. The Morgan fingerprint density at radius 2 is 1.84 bits per heavy atom. The first kappa shape index (κ1) is 17.3. The summed E-state index contributed by atoms with van der Waals surface area (Å²) in [5, 5.41) is 16.0. The molecule has 1 atom stereocenters. The predicted octanol–water partition coefficient (Wildman–Crippen LogP) is 4.05. The van der Waals surface area contributed by atoms with Gasteiger partial charge in [0.2, 0.25) is 0 Å². The van der Waals surface area contributed by atoms with E-state index < -0.39 is 6.10 Å². The molecule has 1 unspecified atom stereocenters. The maximum absolute atomic E-state index is 10.4. The first-order valence-electron chi connectivity index (χ1n) is 7.80. The summed E-state index contributed by atoms with van der Waals surface area (Å²) >= 11 is 5.88. The number of nitrogens with zero attached hydrogens (tertiary/aromatic N) is 1. The van der Waals surface area contributed by atoms with Crippen molar-refractivity contribution in [3.8, 4) is 11.5 Å². The smallest absolute Gasteiger partial charge is 0.134 e. The molecule has 0 spiro atoms. The molecule has 0 radical (unpaired) electrons. The molecular formula is C19H19ClN2O3. The SMILES string of the molecule is COc1cc(OC)c2ccnc(NCC(O)c3ccc(Cl)cc3)c2c1. The third-order valence-electron chi connectivity index (χ3n) is 3.99. The number of aliphatic hydroxyl groups is 1. The summed E-state index contributed by atoms with van der Waals surface area (Å²) in [7, 11) is 3.22. The second-order valence-corrected chi connectivity index (χ2v) is 5.97. The van der Waals surface area contributed by atoms with Crippen molar-refractivity contribution in [2.75, 3.05) is 26.1 Å². The molecule has 6 heteroatoms. The lowest BCUT2D eigenvalue weighted by Gasteiger charge is -2.15. The Morgan fingerprint density at radius 3 is 2.52 bits per heavy atom. The normalized spacial score (nSPS) is 12.0. The maximum Gasteiger partial charge on any atom is 0.134 e. The summed E-state index contributed by atoms with van der Waals surface area (Å²) in [5.41, 5.74) is 0.785. The third kappa shape index (κ3) is 3.78. The maximum atomic E-state index is 10.4. The Kier molecular flexibility index (Phi) is 5.26. The van der Waals surface area contributed by atoms with Gasteiger partial charge in [0.15, 0.2) is 0 Å². The molecule has 0 aliphatic rings. The van der Waals surface area contributed by atoms with Crippen molar-refractivity contribution < 1.29 is 14.6 Å². The highest BCUT2D eigenvalue weighted by atomic mass is 35.5. The average Bonchev–Trinajstić information content (AvgIpc) is 2.65. The lowest BCUT2D eigenvalue weighted by atomic mass is 10.1. The molecule has 0 saturated heterocycles. The van der Waals surface area contributed by atoms with E-state index in [0.29, 0.717) is 28.9 Å². The number of hydrogen-bond acceptors (Lipinski definition) is 5. The van der Waals surface area contributed by atoms with E-state index in [4.69, 9.17) is 21.1 Å². The van der Waals surface area contributed by atoms with Crippen molar-refractivity contribution in [1.29, 1.82) is 0 Å². The van der Waals surface area contributed by atoms with E-state index in [-0.39, 0.29) is 0 Å². The minimum Gasteiger partial charge on any atom is -0.497 e. The van der Waals surface area contributed by atoms with Gasteiger partial charge >= 0.3 is 0 Å². The van der Waals surface area contributed by atoms with Crippen molar-refractivity contribution in [1.82, 2.24) is 4.98 Å². The number of aliphatic hydroxyl groups excluding tert-OH is 1. The van der Waals surface area contributed by atoms with Crippen molar-refractivity contribution in [2.24, 2.45) is 0 Å². The molecular weight excluding hydrogens is 340 g/mol. The standard InChI is InChI=1S/C19H19ClN2O3/c1-24-14-9-16-15(18(10-14)25-2)7-8-21-19(16)22-11-17(23)12-3-5-13(20)6-4-12/h3-10,17,23H,11H2,1-2H3,(H,21,22). The van der Waals surface area contributed by atoms with Gasteiger partial charge in [-0.15, -0.1) is 0 Å². The van der Waals surface area contributed by atoms with Crippen LogP contribution < -0.4 is 14.8 Å². The Hall–Kier alpha value is -2.50. The highest BCUT2D eigenvalue weighted by Crippen LogP contribution is 2.34. The molecule has 1 heterocycles. The Labute approximate surface area is 151 Å². The average molecular weight is 359 g/mol. The highest BCUT2D eigenvalue weighted by molar-refractivity contribution is 6.30. The molecule has 0 aliphatic heterocycles. The van der Waals surface area contributed by atoms with Crippen LogP contribution >= 0.6 is 11.6 Å². The van der Waals surface area contributed by atoms with E-state index in [1.165, 1.54) is 0 Å². The summed E-state index contributed by atoms with van der Waals surface area (Å²) in [6, 6.07) is 12.7. The van der Waals surface area contributed by atoms with Crippen LogP contribution in [0.3, 0.4) is 0 Å². The van der Waals surface area contributed by atoms with Gasteiger partial charge in [0, 0.05) is 34.6 Å². The van der Waals surface area contributed by atoms with E-state index in [9.17, 15) is 5.11 Å². The molecule has 0 aliphatic carbocycles. The van der Waals surface area contributed by atoms with Crippen LogP contribution in [0.4, 0.5) is 5.82 Å². The molecule has 25 heavy (non-hydrogen) atoms. The second kappa shape index (κ2) is 7.59. The van der Waals surface area contributed by atoms with E-state index in [2.05, 4.69) is 10.3 Å². The molecule has 0 amide bonds. The highest BCUT2D eigenvalue weighted by Gasteiger charge is 2.12. The van der Waals surface area contributed by atoms with E-state index >= 15 is 0 Å². The molecule has 5 nitrogen and oxygen atoms in total. The van der Waals surface area contributed by atoms with Crippen LogP contribution in [-0.4, -0.2) is 30.9 Å². The number of nitrogens with one attached hydrogen (secondary N) is 1. The quantitative estimate of drug-likeness (QED) is 0.696. The number of pyridine rings is 1. The first-order chi connectivity index (χ1) is 12.1. The zero-order valence-corrected chi connectivity index (χ0v) is 14.7. The van der Waals surface area contributed by atoms with Crippen molar-refractivity contribution in [3.63, 3.8) is 0 Å².